The van der Waals surface area contributed by atoms with Crippen LogP contribution in [0.15, 0.2) is 24.3 Å². The second kappa shape index (κ2) is 8.69. The van der Waals surface area contributed by atoms with Gasteiger partial charge in [0.1, 0.15) is 11.6 Å². The van der Waals surface area contributed by atoms with Crippen LogP contribution in [0.5, 0.6) is 0 Å². The average Bonchev–Trinajstić information content (AvgIpc) is 2.99. The Labute approximate surface area is 171 Å². The maximum atomic E-state index is 6.39. The van der Waals surface area contributed by atoms with E-state index in [1.807, 2.05) is 24.3 Å². The van der Waals surface area contributed by atoms with Crippen LogP contribution in [0.3, 0.4) is 0 Å². The summed E-state index contributed by atoms with van der Waals surface area (Å²) >= 11 is 6.39. The molecule has 2 aromatic heterocycles. The average molecular weight is 399 g/mol. The van der Waals surface area contributed by atoms with Crippen molar-refractivity contribution in [3.63, 3.8) is 0 Å². The Morgan fingerprint density at radius 1 is 1.04 bits per heavy atom. The van der Waals surface area contributed by atoms with Crippen molar-refractivity contribution in [3.8, 4) is 11.4 Å². The Hall–Kier alpha value is -2.47. The lowest BCUT2D eigenvalue weighted by Crippen LogP contribution is -2.08. The van der Waals surface area contributed by atoms with E-state index in [1.165, 1.54) is 12.0 Å². The first-order valence-electron chi connectivity index (χ1n) is 9.46. The lowest BCUT2D eigenvalue weighted by molar-refractivity contribution is 0.709. The van der Waals surface area contributed by atoms with E-state index in [0.717, 1.165) is 48.6 Å². The number of anilines is 2. The maximum absolute atomic E-state index is 6.39. The molecule has 4 rings (SSSR count). The van der Waals surface area contributed by atoms with Crippen molar-refractivity contribution in [1.82, 2.24) is 25.1 Å². The van der Waals surface area contributed by atoms with Gasteiger partial charge in [0.25, 0.3) is 0 Å². The van der Waals surface area contributed by atoms with Gasteiger partial charge in [0, 0.05) is 22.7 Å². The molecule has 0 amide bonds. The van der Waals surface area contributed by atoms with Crippen molar-refractivity contribution >= 4 is 23.4 Å². The molecule has 0 radical (unpaired) electrons. The minimum Gasteiger partial charge on any atom is -0.307 e. The van der Waals surface area contributed by atoms with Crippen molar-refractivity contribution in [2.75, 3.05) is 5.32 Å². The lowest BCUT2D eigenvalue weighted by atomic mass is 10.1. The van der Waals surface area contributed by atoms with Crippen LogP contribution in [0.2, 0.25) is 5.02 Å². The molecule has 0 saturated heterocycles. The monoisotopic (exact) mass is 398 g/mol. The maximum Gasteiger partial charge on any atom is 0.247 e. The van der Waals surface area contributed by atoms with E-state index >= 15 is 0 Å². The van der Waals surface area contributed by atoms with Gasteiger partial charge in [0.2, 0.25) is 5.95 Å². The third-order valence-corrected chi connectivity index (χ3v) is 5.16. The summed E-state index contributed by atoms with van der Waals surface area (Å²) in [6.45, 7) is 4.16. The van der Waals surface area contributed by atoms with Crippen molar-refractivity contribution in [2.45, 2.75) is 59.3 Å². The Kier molecular flexibility index (Phi) is 6.29. The Balaban J connectivity index is 0.00000225. The normalized spacial score (nSPS) is 13.6. The van der Waals surface area contributed by atoms with Crippen LogP contribution in [-0.2, 0) is 12.8 Å². The number of nitrogens with one attached hydrogen (secondary N) is 2. The van der Waals surface area contributed by atoms with E-state index in [9.17, 15) is 0 Å². The topological polar surface area (TPSA) is 79.4 Å². The number of fused-ring (bicyclic) bond motifs is 1. The molecule has 1 aromatic carbocycles. The molecular weight excluding hydrogens is 372 g/mol. The van der Waals surface area contributed by atoms with E-state index in [1.54, 1.807) is 0 Å². The predicted octanol–water partition coefficient (Wildman–Crippen LogP) is 5.69. The number of nitrogens with zero attached hydrogens (tertiary/aromatic N) is 4. The first kappa shape index (κ1) is 20.3. The molecule has 3 aromatic rings. The predicted molar refractivity (Wildman–Crippen MR) is 114 cm³/mol. The fourth-order valence-electron chi connectivity index (χ4n) is 3.33. The molecule has 0 saturated carbocycles. The van der Waals surface area contributed by atoms with Gasteiger partial charge in [0.15, 0.2) is 5.82 Å². The first-order chi connectivity index (χ1) is 13.1. The fraction of sp³-hybridized carbons (Fsp3) is 0.429. The summed E-state index contributed by atoms with van der Waals surface area (Å²) in [6.07, 6.45) is 5.40. The van der Waals surface area contributed by atoms with Gasteiger partial charge >= 0.3 is 0 Å². The molecule has 0 bridgehead atoms. The van der Waals surface area contributed by atoms with Crippen molar-refractivity contribution in [2.24, 2.45) is 0 Å². The highest BCUT2D eigenvalue weighted by molar-refractivity contribution is 6.33. The summed E-state index contributed by atoms with van der Waals surface area (Å²) in [5, 5.41) is 11.2. The molecule has 2 N–H and O–H groups in total. The molecular formula is C21H27ClN6. The number of aryl methyl sites for hydroxylation is 1. The first-order valence-corrected chi connectivity index (χ1v) is 9.83. The van der Waals surface area contributed by atoms with Crippen molar-refractivity contribution < 1.29 is 0 Å². The highest BCUT2D eigenvalue weighted by Gasteiger charge is 2.20. The molecule has 0 fully saturated rings. The SMILES string of the molecule is C.CC(C)c1nc(Nc2nc(-c3ccccc3Cl)nc3c2CCCCC3)n[nH]1. The quantitative estimate of drug-likeness (QED) is 0.552. The van der Waals surface area contributed by atoms with Crippen LogP contribution in [0.25, 0.3) is 11.4 Å². The zero-order chi connectivity index (χ0) is 18.8. The van der Waals surface area contributed by atoms with Crippen LogP contribution in [0, 0.1) is 0 Å². The second-order valence-electron chi connectivity index (χ2n) is 7.19. The molecule has 2 heterocycles. The molecule has 0 unspecified atom stereocenters. The number of halogens is 1. The number of aromatic amines is 1. The molecule has 7 heteroatoms. The molecule has 0 aliphatic heterocycles. The van der Waals surface area contributed by atoms with Gasteiger partial charge in [-0.3, -0.25) is 5.10 Å². The van der Waals surface area contributed by atoms with Crippen LogP contribution >= 0.6 is 11.6 Å². The minimum atomic E-state index is 0. The standard InChI is InChI=1S/C20H23ClN6.CH4/c1-12(2)17-24-20(27-26-17)25-19-14-9-4-3-5-11-16(14)22-18(23-19)13-8-6-7-10-15(13)21;/h6-8,10,12H,3-5,9,11H2,1-2H3,(H2,22,23,24,25,26,27);1H4. The number of benzene rings is 1. The zero-order valence-electron chi connectivity index (χ0n) is 15.6. The van der Waals surface area contributed by atoms with Crippen molar-refractivity contribution in [1.29, 1.82) is 0 Å². The van der Waals surface area contributed by atoms with Crippen molar-refractivity contribution in [3.05, 3.63) is 46.4 Å². The van der Waals surface area contributed by atoms with Gasteiger partial charge in [-0.2, -0.15) is 4.98 Å². The van der Waals surface area contributed by atoms with E-state index < -0.39 is 0 Å². The number of aromatic nitrogens is 5. The molecule has 1 aliphatic rings. The Morgan fingerprint density at radius 3 is 2.57 bits per heavy atom. The smallest absolute Gasteiger partial charge is 0.247 e. The van der Waals surface area contributed by atoms with Gasteiger partial charge in [-0.05, 0) is 37.8 Å². The number of rotatable bonds is 4. The van der Waals surface area contributed by atoms with Gasteiger partial charge in [0.05, 0.1) is 5.02 Å². The summed E-state index contributed by atoms with van der Waals surface area (Å²) in [7, 11) is 0. The summed E-state index contributed by atoms with van der Waals surface area (Å²) in [4.78, 5) is 14.2. The van der Waals surface area contributed by atoms with Gasteiger partial charge < -0.3 is 5.32 Å². The zero-order valence-corrected chi connectivity index (χ0v) is 16.3. The molecule has 6 nitrogen and oxygen atoms in total. The van der Waals surface area contributed by atoms with Crippen LogP contribution < -0.4 is 5.32 Å². The Morgan fingerprint density at radius 2 is 1.82 bits per heavy atom. The Bertz CT molecular complexity index is 950. The summed E-state index contributed by atoms with van der Waals surface area (Å²) < 4.78 is 0. The fourth-order valence-corrected chi connectivity index (χ4v) is 3.55. The molecule has 28 heavy (non-hydrogen) atoms. The largest absolute Gasteiger partial charge is 0.307 e. The summed E-state index contributed by atoms with van der Waals surface area (Å²) in [6, 6.07) is 7.68. The number of hydrogen-bond acceptors (Lipinski definition) is 5. The lowest BCUT2D eigenvalue weighted by Gasteiger charge is -2.14. The summed E-state index contributed by atoms with van der Waals surface area (Å²) in [5.74, 6) is 3.10. The van der Waals surface area contributed by atoms with E-state index in [4.69, 9.17) is 21.6 Å². The highest BCUT2D eigenvalue weighted by Crippen LogP contribution is 2.31. The minimum absolute atomic E-state index is 0. The molecule has 148 valence electrons. The highest BCUT2D eigenvalue weighted by atomic mass is 35.5. The van der Waals surface area contributed by atoms with E-state index in [2.05, 4.69) is 34.3 Å². The van der Waals surface area contributed by atoms with Gasteiger partial charge in [-0.15, -0.1) is 5.10 Å². The number of hydrogen-bond donors (Lipinski definition) is 2. The summed E-state index contributed by atoms with van der Waals surface area (Å²) in [5.41, 5.74) is 3.10. The third kappa shape index (κ3) is 4.17. The molecule has 0 spiro atoms. The van der Waals surface area contributed by atoms with Gasteiger partial charge in [-0.25, -0.2) is 9.97 Å². The molecule has 0 atom stereocenters. The van der Waals surface area contributed by atoms with E-state index in [0.29, 0.717) is 16.8 Å². The van der Waals surface area contributed by atoms with Gasteiger partial charge in [-0.1, -0.05) is 51.4 Å². The van der Waals surface area contributed by atoms with E-state index in [-0.39, 0.29) is 13.3 Å². The van der Waals surface area contributed by atoms with Crippen LogP contribution in [0.4, 0.5) is 11.8 Å². The van der Waals surface area contributed by atoms with Crippen LogP contribution in [0.1, 0.15) is 63.5 Å². The second-order valence-corrected chi connectivity index (χ2v) is 7.59. The molecule has 1 aliphatic carbocycles. The number of H-pyrrole nitrogens is 1. The third-order valence-electron chi connectivity index (χ3n) is 4.83. The van der Waals surface area contributed by atoms with Crippen LogP contribution in [-0.4, -0.2) is 25.1 Å².